The smallest absolute Gasteiger partial charge is 0.266 e. The Morgan fingerprint density at radius 2 is 1.77 bits per heavy atom. The number of nitrogens with one attached hydrogen (secondary N) is 1. The molecule has 0 heterocycles. The van der Waals surface area contributed by atoms with Gasteiger partial charge in [-0.05, 0) is 97.7 Å². The van der Waals surface area contributed by atoms with Crippen LogP contribution >= 0.6 is 0 Å². The Morgan fingerprint density at radius 3 is 2.46 bits per heavy atom. The number of hydrogen-bond donors (Lipinski definition) is 5. The zero-order chi connectivity index (χ0) is 25.8. The van der Waals surface area contributed by atoms with Crippen molar-refractivity contribution in [3.05, 3.63) is 0 Å². The second-order valence-corrected chi connectivity index (χ2v) is 14.2. The molecule has 0 aliphatic heterocycles. The highest BCUT2D eigenvalue weighted by atomic mass is 32.2. The molecule has 9 heteroatoms. The van der Waals surface area contributed by atoms with Crippen LogP contribution in [0, 0.1) is 46.3 Å². The van der Waals surface area contributed by atoms with Gasteiger partial charge in [-0.3, -0.25) is 9.35 Å². The third-order valence-electron chi connectivity index (χ3n) is 11.0. The van der Waals surface area contributed by atoms with Crippen LogP contribution in [0.5, 0.6) is 0 Å². The maximum Gasteiger partial charge on any atom is 0.266 e. The fourth-order valence-electron chi connectivity index (χ4n) is 9.10. The molecule has 4 fully saturated rings. The SMILES string of the molecule is CC(CCC(=O)NCCS(=O)(=O)O)[C@H]1CCC2C3C(O)CC4C[C@@H](O)CC[C@]4(C)C3CC(O)[C@@]21C. The number of amides is 1. The van der Waals surface area contributed by atoms with Crippen molar-refractivity contribution >= 4 is 16.0 Å². The van der Waals surface area contributed by atoms with Crippen molar-refractivity contribution < 1.29 is 33.1 Å². The lowest BCUT2D eigenvalue weighted by atomic mass is 9.43. The number of carbonyl (C=O) groups is 1. The molecule has 7 unspecified atom stereocenters. The maximum atomic E-state index is 12.2. The molecule has 0 aromatic carbocycles. The molecule has 0 radical (unpaired) electrons. The van der Waals surface area contributed by atoms with E-state index in [0.717, 1.165) is 38.5 Å². The second kappa shape index (κ2) is 9.86. The Hall–Kier alpha value is -0.740. The van der Waals surface area contributed by atoms with Crippen LogP contribution in [0.15, 0.2) is 0 Å². The van der Waals surface area contributed by atoms with E-state index in [-0.39, 0.29) is 65.4 Å². The van der Waals surface area contributed by atoms with Gasteiger partial charge in [0, 0.05) is 13.0 Å². The average molecular weight is 516 g/mol. The predicted molar refractivity (Wildman–Crippen MR) is 132 cm³/mol. The van der Waals surface area contributed by atoms with Crippen molar-refractivity contribution in [1.82, 2.24) is 5.32 Å². The molecular formula is C26H45NO7S. The lowest BCUT2D eigenvalue weighted by Crippen LogP contribution is -2.62. The van der Waals surface area contributed by atoms with Crippen LogP contribution in [0.4, 0.5) is 0 Å². The lowest BCUT2D eigenvalue weighted by Gasteiger charge is -2.63. The van der Waals surface area contributed by atoms with E-state index in [2.05, 4.69) is 26.1 Å². The molecule has 11 atom stereocenters. The van der Waals surface area contributed by atoms with Crippen molar-refractivity contribution in [2.75, 3.05) is 12.3 Å². The summed E-state index contributed by atoms with van der Waals surface area (Å²) in [5.74, 6) is 0.705. The van der Waals surface area contributed by atoms with Gasteiger partial charge in [0.25, 0.3) is 10.1 Å². The standard InChI is InChI=1S/C26H45NO7S/c1-15(4-7-23(31)27-10-11-35(32,33)34)18-5-6-19-24-20(14-22(30)26(18,19)3)25(2)9-8-17(28)12-16(25)13-21(24)29/h15-22,24,28-30H,4-14H2,1-3H3,(H,27,31)(H,32,33,34)/t15?,16?,17-,18+,19?,20?,21?,22?,24?,25-,26+/m0/s1. The predicted octanol–water partition coefficient (Wildman–Crippen LogP) is 2.37. The first-order chi connectivity index (χ1) is 16.3. The molecule has 4 saturated carbocycles. The van der Waals surface area contributed by atoms with Crippen molar-refractivity contribution in [2.45, 2.75) is 96.9 Å². The summed E-state index contributed by atoms with van der Waals surface area (Å²) in [6.45, 7) is 6.56. The van der Waals surface area contributed by atoms with Crippen LogP contribution in [0.3, 0.4) is 0 Å². The van der Waals surface area contributed by atoms with E-state index < -0.39 is 28.1 Å². The van der Waals surface area contributed by atoms with E-state index in [9.17, 15) is 28.5 Å². The fraction of sp³-hybridized carbons (Fsp3) is 0.962. The molecule has 202 valence electrons. The van der Waals surface area contributed by atoms with E-state index in [0.29, 0.717) is 18.8 Å². The lowest BCUT2D eigenvalue weighted by molar-refractivity contribution is -0.207. The van der Waals surface area contributed by atoms with Crippen LogP contribution in [0.2, 0.25) is 0 Å². The molecule has 4 aliphatic rings. The third kappa shape index (κ3) is 5.05. The van der Waals surface area contributed by atoms with Gasteiger partial charge in [0.05, 0.1) is 24.1 Å². The van der Waals surface area contributed by atoms with Gasteiger partial charge in [0.1, 0.15) is 0 Å². The number of rotatable bonds is 7. The highest BCUT2D eigenvalue weighted by Gasteiger charge is 2.65. The average Bonchev–Trinajstić information content (AvgIpc) is 3.12. The summed E-state index contributed by atoms with van der Waals surface area (Å²) in [4.78, 5) is 12.2. The minimum atomic E-state index is -4.10. The van der Waals surface area contributed by atoms with Crippen LogP contribution in [0.1, 0.15) is 78.6 Å². The number of fused-ring (bicyclic) bond motifs is 5. The summed E-state index contributed by atoms with van der Waals surface area (Å²) >= 11 is 0. The molecule has 35 heavy (non-hydrogen) atoms. The van der Waals surface area contributed by atoms with E-state index in [1.54, 1.807) is 0 Å². The molecule has 0 aromatic rings. The Balaban J connectivity index is 1.43. The van der Waals surface area contributed by atoms with Crippen molar-refractivity contribution in [2.24, 2.45) is 46.3 Å². The normalized spacial score (nSPS) is 46.3. The molecular weight excluding hydrogens is 470 g/mol. The zero-order valence-corrected chi connectivity index (χ0v) is 22.2. The molecule has 0 aromatic heterocycles. The monoisotopic (exact) mass is 515 g/mol. The molecule has 0 spiro atoms. The van der Waals surface area contributed by atoms with Gasteiger partial charge >= 0.3 is 0 Å². The molecule has 4 rings (SSSR count). The summed E-state index contributed by atoms with van der Waals surface area (Å²) in [6, 6.07) is 0. The van der Waals surface area contributed by atoms with Crippen molar-refractivity contribution in [3.8, 4) is 0 Å². The molecule has 8 nitrogen and oxygen atoms in total. The third-order valence-corrected chi connectivity index (χ3v) is 11.7. The van der Waals surface area contributed by atoms with E-state index in [1.807, 2.05) is 0 Å². The first kappa shape index (κ1) is 27.3. The molecule has 4 aliphatic carbocycles. The minimum absolute atomic E-state index is 0.0509. The molecule has 5 N–H and O–H groups in total. The van der Waals surface area contributed by atoms with Gasteiger partial charge in [-0.2, -0.15) is 8.42 Å². The van der Waals surface area contributed by atoms with Crippen molar-refractivity contribution in [3.63, 3.8) is 0 Å². The van der Waals surface area contributed by atoms with Crippen LogP contribution < -0.4 is 5.32 Å². The summed E-state index contributed by atoms with van der Waals surface area (Å²) in [7, 11) is -4.10. The van der Waals surface area contributed by atoms with Gasteiger partial charge in [0.15, 0.2) is 0 Å². The maximum absolute atomic E-state index is 12.2. The Labute approximate surface area is 210 Å². The van der Waals surface area contributed by atoms with Crippen molar-refractivity contribution in [1.29, 1.82) is 0 Å². The van der Waals surface area contributed by atoms with Gasteiger partial charge in [-0.25, -0.2) is 0 Å². The Kier molecular flexibility index (Phi) is 7.69. The number of hydrogen-bond acceptors (Lipinski definition) is 6. The fourth-order valence-corrected chi connectivity index (χ4v) is 9.46. The highest BCUT2D eigenvalue weighted by Crippen LogP contribution is 2.68. The van der Waals surface area contributed by atoms with Gasteiger partial charge in [0.2, 0.25) is 5.91 Å². The molecule has 1 amide bonds. The van der Waals surface area contributed by atoms with Crippen LogP contribution in [-0.4, -0.2) is 64.8 Å². The Morgan fingerprint density at radius 1 is 1.06 bits per heavy atom. The number of aliphatic hydroxyl groups is 3. The zero-order valence-electron chi connectivity index (χ0n) is 21.4. The van der Waals surface area contributed by atoms with E-state index in [1.165, 1.54) is 0 Å². The quantitative estimate of drug-likeness (QED) is 0.327. The van der Waals surface area contributed by atoms with Crippen LogP contribution in [0.25, 0.3) is 0 Å². The van der Waals surface area contributed by atoms with Gasteiger partial charge in [-0.1, -0.05) is 20.8 Å². The molecule has 0 saturated heterocycles. The summed E-state index contributed by atoms with van der Waals surface area (Å²) < 4.78 is 30.5. The number of aliphatic hydroxyl groups excluding tert-OH is 3. The number of carbonyl (C=O) groups excluding carboxylic acids is 1. The topological polar surface area (TPSA) is 144 Å². The van der Waals surface area contributed by atoms with E-state index in [4.69, 9.17) is 4.55 Å². The Bertz CT molecular complexity index is 896. The second-order valence-electron chi connectivity index (χ2n) is 12.7. The van der Waals surface area contributed by atoms with Gasteiger partial charge in [-0.15, -0.1) is 0 Å². The first-order valence-electron chi connectivity index (χ1n) is 13.5. The minimum Gasteiger partial charge on any atom is -0.393 e. The summed E-state index contributed by atoms with van der Waals surface area (Å²) in [6.07, 6.45) is 5.67. The van der Waals surface area contributed by atoms with E-state index >= 15 is 0 Å². The van der Waals surface area contributed by atoms with Gasteiger partial charge < -0.3 is 20.6 Å². The molecule has 0 bridgehead atoms. The first-order valence-corrected chi connectivity index (χ1v) is 15.1. The largest absolute Gasteiger partial charge is 0.393 e. The highest BCUT2D eigenvalue weighted by molar-refractivity contribution is 7.85. The summed E-state index contributed by atoms with van der Waals surface area (Å²) in [5, 5.41) is 35.8. The summed E-state index contributed by atoms with van der Waals surface area (Å²) in [5.41, 5.74) is -0.254. The van der Waals surface area contributed by atoms with Crippen LogP contribution in [-0.2, 0) is 14.9 Å².